The van der Waals surface area contributed by atoms with Crippen LogP contribution in [0.3, 0.4) is 0 Å². The second kappa shape index (κ2) is 4.69. The summed E-state index contributed by atoms with van der Waals surface area (Å²) in [5.41, 5.74) is 7.41. The van der Waals surface area contributed by atoms with Crippen LogP contribution in [-0.4, -0.2) is 22.9 Å². The Kier molecular flexibility index (Phi) is 3.39. The van der Waals surface area contributed by atoms with Crippen molar-refractivity contribution in [2.45, 2.75) is 38.8 Å². The van der Waals surface area contributed by atoms with Crippen LogP contribution in [0, 0.1) is 5.82 Å². The molecule has 98 valence electrons. The minimum absolute atomic E-state index is 0.0671. The van der Waals surface area contributed by atoms with Crippen molar-refractivity contribution in [1.29, 1.82) is 0 Å². The number of nitrogens with zero attached hydrogens (tertiary/aromatic N) is 1. The summed E-state index contributed by atoms with van der Waals surface area (Å²) >= 11 is 0. The Hall–Kier alpha value is -1.42. The molecule has 1 aliphatic heterocycles. The number of fused-ring (bicyclic) bond motifs is 1. The molecule has 0 saturated carbocycles. The summed E-state index contributed by atoms with van der Waals surface area (Å²) < 4.78 is 13.1. The maximum absolute atomic E-state index is 13.1. The quantitative estimate of drug-likeness (QED) is 0.870. The molecule has 0 atom stereocenters. The largest absolute Gasteiger partial charge is 0.338 e. The van der Waals surface area contributed by atoms with Gasteiger partial charge in [-0.1, -0.05) is 6.07 Å². The molecule has 3 nitrogen and oxygen atoms in total. The fraction of sp³-hybridized carbons (Fsp3) is 0.500. The first-order valence-corrected chi connectivity index (χ1v) is 6.19. The molecule has 0 aliphatic carbocycles. The third kappa shape index (κ3) is 3.07. The van der Waals surface area contributed by atoms with E-state index < -0.39 is 5.54 Å². The van der Waals surface area contributed by atoms with Gasteiger partial charge in [-0.2, -0.15) is 0 Å². The van der Waals surface area contributed by atoms with Crippen molar-refractivity contribution in [2.24, 2.45) is 5.73 Å². The number of halogens is 1. The van der Waals surface area contributed by atoms with E-state index in [-0.39, 0.29) is 11.7 Å². The summed E-state index contributed by atoms with van der Waals surface area (Å²) in [5, 5.41) is 0. The lowest BCUT2D eigenvalue weighted by Gasteiger charge is -2.31. The molecule has 0 radical (unpaired) electrons. The van der Waals surface area contributed by atoms with E-state index in [0.717, 1.165) is 11.1 Å². The van der Waals surface area contributed by atoms with Crippen LogP contribution >= 0.6 is 0 Å². The molecule has 0 unspecified atom stereocenters. The first-order chi connectivity index (χ1) is 8.35. The summed E-state index contributed by atoms with van der Waals surface area (Å²) in [6.07, 6.45) is 1.05. The molecule has 1 amide bonds. The van der Waals surface area contributed by atoms with Crippen molar-refractivity contribution in [3.63, 3.8) is 0 Å². The summed E-state index contributed by atoms with van der Waals surface area (Å²) in [6, 6.07) is 4.77. The fourth-order valence-corrected chi connectivity index (χ4v) is 2.24. The molecule has 18 heavy (non-hydrogen) atoms. The van der Waals surface area contributed by atoms with Gasteiger partial charge >= 0.3 is 0 Å². The number of carbonyl (C=O) groups excluding carboxylic acids is 1. The Morgan fingerprint density at radius 2 is 2.17 bits per heavy atom. The monoisotopic (exact) mass is 250 g/mol. The number of nitrogens with two attached hydrogens (primary N) is 1. The van der Waals surface area contributed by atoms with E-state index in [4.69, 9.17) is 5.73 Å². The highest BCUT2D eigenvalue weighted by Crippen LogP contribution is 2.21. The van der Waals surface area contributed by atoms with Crippen molar-refractivity contribution in [3.8, 4) is 0 Å². The summed E-state index contributed by atoms with van der Waals surface area (Å²) in [5.74, 6) is -0.144. The Morgan fingerprint density at radius 1 is 1.44 bits per heavy atom. The SMILES string of the molecule is CC(C)(N)CC(=O)N1CCc2cc(F)ccc2C1. The number of hydrogen-bond donors (Lipinski definition) is 1. The topological polar surface area (TPSA) is 46.3 Å². The number of hydrogen-bond acceptors (Lipinski definition) is 2. The minimum atomic E-state index is -0.486. The first-order valence-electron chi connectivity index (χ1n) is 6.19. The maximum atomic E-state index is 13.1. The smallest absolute Gasteiger partial charge is 0.224 e. The van der Waals surface area contributed by atoms with Gasteiger partial charge in [0.25, 0.3) is 0 Å². The van der Waals surface area contributed by atoms with Crippen LogP contribution in [0.5, 0.6) is 0 Å². The van der Waals surface area contributed by atoms with E-state index in [1.54, 1.807) is 17.0 Å². The average molecular weight is 250 g/mol. The molecular formula is C14H19FN2O. The number of carbonyl (C=O) groups is 1. The lowest BCUT2D eigenvalue weighted by atomic mass is 9.97. The molecule has 0 saturated heterocycles. The van der Waals surface area contributed by atoms with Crippen LogP contribution in [0.2, 0.25) is 0 Å². The lowest BCUT2D eigenvalue weighted by Crippen LogP contribution is -2.43. The number of amides is 1. The van der Waals surface area contributed by atoms with Crippen molar-refractivity contribution in [1.82, 2.24) is 4.90 Å². The molecule has 0 fully saturated rings. The number of rotatable bonds is 2. The van der Waals surface area contributed by atoms with Gasteiger partial charge in [-0.3, -0.25) is 4.79 Å². The maximum Gasteiger partial charge on any atom is 0.224 e. The molecule has 2 rings (SSSR count). The van der Waals surface area contributed by atoms with Gasteiger partial charge < -0.3 is 10.6 Å². The minimum Gasteiger partial charge on any atom is -0.338 e. The normalized spacial score (nSPS) is 15.4. The van der Waals surface area contributed by atoms with Gasteiger partial charge in [0.05, 0.1) is 0 Å². The first kappa shape index (κ1) is 13.0. The zero-order chi connectivity index (χ0) is 13.3. The van der Waals surface area contributed by atoms with Crippen LogP contribution in [0.4, 0.5) is 4.39 Å². The highest BCUT2D eigenvalue weighted by Gasteiger charge is 2.24. The molecule has 0 aromatic heterocycles. The number of benzene rings is 1. The molecule has 2 N–H and O–H groups in total. The second-order valence-corrected chi connectivity index (χ2v) is 5.64. The molecule has 4 heteroatoms. The van der Waals surface area contributed by atoms with Crippen LogP contribution in [0.15, 0.2) is 18.2 Å². The molecule has 1 aromatic carbocycles. The zero-order valence-corrected chi connectivity index (χ0v) is 10.9. The van der Waals surface area contributed by atoms with Crippen molar-refractivity contribution in [3.05, 3.63) is 35.1 Å². The summed E-state index contributed by atoms with van der Waals surface area (Å²) in [6.45, 7) is 4.90. The van der Waals surface area contributed by atoms with Gasteiger partial charge in [-0.15, -0.1) is 0 Å². The van der Waals surface area contributed by atoms with E-state index >= 15 is 0 Å². The van der Waals surface area contributed by atoms with E-state index in [1.807, 2.05) is 13.8 Å². The Bertz CT molecular complexity index is 465. The molecule has 1 heterocycles. The lowest BCUT2D eigenvalue weighted by molar-refractivity contribution is -0.133. The second-order valence-electron chi connectivity index (χ2n) is 5.64. The Balaban J connectivity index is 2.08. The Morgan fingerprint density at radius 3 is 2.83 bits per heavy atom. The molecule has 1 aliphatic rings. The van der Waals surface area contributed by atoms with E-state index in [0.29, 0.717) is 25.9 Å². The van der Waals surface area contributed by atoms with Crippen molar-refractivity contribution < 1.29 is 9.18 Å². The van der Waals surface area contributed by atoms with Crippen molar-refractivity contribution >= 4 is 5.91 Å². The van der Waals surface area contributed by atoms with Gasteiger partial charge in [0, 0.05) is 25.0 Å². The van der Waals surface area contributed by atoms with Crippen molar-refractivity contribution in [2.75, 3.05) is 6.54 Å². The Labute approximate surface area is 107 Å². The molecule has 0 spiro atoms. The average Bonchev–Trinajstić information content (AvgIpc) is 2.26. The van der Waals surface area contributed by atoms with Crippen LogP contribution in [0.25, 0.3) is 0 Å². The predicted octanol–water partition coefficient (Wildman–Crippen LogP) is 1.84. The van der Waals surface area contributed by atoms with Gasteiger partial charge in [-0.05, 0) is 43.5 Å². The van der Waals surface area contributed by atoms with Gasteiger partial charge in [0.15, 0.2) is 0 Å². The third-order valence-electron chi connectivity index (χ3n) is 3.14. The molecule has 0 bridgehead atoms. The van der Waals surface area contributed by atoms with Crippen LogP contribution < -0.4 is 5.73 Å². The summed E-state index contributed by atoms with van der Waals surface area (Å²) in [4.78, 5) is 13.9. The van der Waals surface area contributed by atoms with E-state index in [9.17, 15) is 9.18 Å². The van der Waals surface area contributed by atoms with E-state index in [2.05, 4.69) is 0 Å². The molecular weight excluding hydrogens is 231 g/mol. The third-order valence-corrected chi connectivity index (χ3v) is 3.14. The van der Waals surface area contributed by atoms with Gasteiger partial charge in [0.2, 0.25) is 5.91 Å². The van der Waals surface area contributed by atoms with E-state index in [1.165, 1.54) is 6.07 Å². The van der Waals surface area contributed by atoms with Gasteiger partial charge in [0.1, 0.15) is 5.82 Å². The van der Waals surface area contributed by atoms with Crippen LogP contribution in [0.1, 0.15) is 31.4 Å². The highest BCUT2D eigenvalue weighted by atomic mass is 19.1. The highest BCUT2D eigenvalue weighted by molar-refractivity contribution is 5.77. The zero-order valence-electron chi connectivity index (χ0n) is 10.9. The fourth-order valence-electron chi connectivity index (χ4n) is 2.24. The summed E-state index contributed by atoms with van der Waals surface area (Å²) in [7, 11) is 0. The molecule has 1 aromatic rings. The van der Waals surface area contributed by atoms with Gasteiger partial charge in [-0.25, -0.2) is 4.39 Å². The van der Waals surface area contributed by atoms with Crippen LogP contribution in [-0.2, 0) is 17.8 Å². The standard InChI is InChI=1S/C14H19FN2O/c1-14(2,16)8-13(18)17-6-5-10-7-12(15)4-3-11(10)9-17/h3-4,7H,5-6,8-9,16H2,1-2H3. The predicted molar refractivity (Wildman–Crippen MR) is 68.4 cm³/mol.